The second-order valence-corrected chi connectivity index (χ2v) is 7.08. The summed E-state index contributed by atoms with van der Waals surface area (Å²) in [7, 11) is 0. The lowest BCUT2D eigenvalue weighted by atomic mass is 10.0. The quantitative estimate of drug-likeness (QED) is 0.614. The van der Waals surface area contributed by atoms with E-state index in [1.54, 1.807) is 6.08 Å². The van der Waals surface area contributed by atoms with Gasteiger partial charge in [-0.1, -0.05) is 30.0 Å². The summed E-state index contributed by atoms with van der Waals surface area (Å²) in [6.07, 6.45) is 2.97. The Morgan fingerprint density at radius 1 is 1.30 bits per heavy atom. The lowest BCUT2D eigenvalue weighted by Gasteiger charge is -2.09. The fraction of sp³-hybridized carbons (Fsp3) is 0.235. The maximum Gasteiger partial charge on any atom is 0.266 e. The van der Waals surface area contributed by atoms with Gasteiger partial charge in [0.1, 0.15) is 16.2 Å². The van der Waals surface area contributed by atoms with Crippen LogP contribution in [0, 0.1) is 13.8 Å². The van der Waals surface area contributed by atoms with E-state index in [1.807, 2.05) is 32.9 Å². The fourth-order valence-corrected chi connectivity index (χ4v) is 4.03. The van der Waals surface area contributed by atoms with Crippen molar-refractivity contribution >= 4 is 51.3 Å². The summed E-state index contributed by atoms with van der Waals surface area (Å²) < 4.78 is 6.11. The van der Waals surface area contributed by atoms with E-state index in [0.29, 0.717) is 32.3 Å². The maximum absolute atomic E-state index is 12.7. The van der Waals surface area contributed by atoms with Crippen LogP contribution in [0.3, 0.4) is 0 Å². The van der Waals surface area contributed by atoms with E-state index in [1.165, 1.54) is 22.9 Å². The molecule has 2 aromatic rings. The van der Waals surface area contributed by atoms with Crippen LogP contribution in [0.5, 0.6) is 0 Å². The fourth-order valence-electron chi connectivity index (χ4n) is 2.65. The number of benzene rings is 1. The molecule has 4 nitrogen and oxygen atoms in total. The minimum atomic E-state index is -0.164. The molecule has 1 saturated heterocycles. The predicted octanol–water partition coefficient (Wildman–Crippen LogP) is 3.63. The van der Waals surface area contributed by atoms with E-state index < -0.39 is 0 Å². The SMILES string of the molecule is CCN1C(=O)C(=Cc2coc3cc(C)cc(C)c3c2=O)SC1=S. The zero-order chi connectivity index (χ0) is 16.7. The van der Waals surface area contributed by atoms with Gasteiger partial charge in [0.25, 0.3) is 5.91 Å². The molecule has 118 valence electrons. The van der Waals surface area contributed by atoms with E-state index in [0.717, 1.165) is 11.1 Å². The van der Waals surface area contributed by atoms with Crippen LogP contribution in [0.4, 0.5) is 0 Å². The van der Waals surface area contributed by atoms with E-state index in [2.05, 4.69) is 0 Å². The molecule has 0 unspecified atom stereocenters. The van der Waals surface area contributed by atoms with Gasteiger partial charge in [0.2, 0.25) is 0 Å². The minimum absolute atomic E-state index is 0.134. The molecule has 0 N–H and O–H groups in total. The van der Waals surface area contributed by atoms with E-state index in [9.17, 15) is 9.59 Å². The van der Waals surface area contributed by atoms with Crippen LogP contribution < -0.4 is 5.43 Å². The monoisotopic (exact) mass is 345 g/mol. The van der Waals surface area contributed by atoms with Crippen LogP contribution in [0.25, 0.3) is 17.0 Å². The van der Waals surface area contributed by atoms with Gasteiger partial charge in [-0.05, 0) is 44.0 Å². The first-order valence-corrected chi connectivity index (χ1v) is 8.43. The van der Waals surface area contributed by atoms with Gasteiger partial charge in [0.05, 0.1) is 15.9 Å². The molecule has 0 spiro atoms. The zero-order valence-electron chi connectivity index (χ0n) is 13.0. The van der Waals surface area contributed by atoms with E-state index >= 15 is 0 Å². The van der Waals surface area contributed by atoms with Gasteiger partial charge in [0, 0.05) is 6.54 Å². The third kappa shape index (κ3) is 2.72. The number of rotatable bonds is 2. The molecular formula is C17H15NO3S2. The van der Waals surface area contributed by atoms with E-state index in [-0.39, 0.29) is 11.3 Å². The highest BCUT2D eigenvalue weighted by atomic mass is 32.2. The van der Waals surface area contributed by atoms with Crippen molar-refractivity contribution in [3.63, 3.8) is 0 Å². The number of thioether (sulfide) groups is 1. The summed E-state index contributed by atoms with van der Waals surface area (Å²) in [5.41, 5.74) is 2.69. The first-order chi connectivity index (χ1) is 10.9. The van der Waals surface area contributed by atoms with Crippen molar-refractivity contribution in [3.8, 4) is 0 Å². The molecule has 6 heteroatoms. The highest BCUT2D eigenvalue weighted by molar-refractivity contribution is 8.26. The number of likely N-dealkylation sites (N-methyl/N-ethyl adjacent to an activating group) is 1. The van der Waals surface area contributed by atoms with Crippen LogP contribution >= 0.6 is 24.0 Å². The molecule has 23 heavy (non-hydrogen) atoms. The number of hydrogen-bond acceptors (Lipinski definition) is 5. The van der Waals surface area contributed by atoms with Crippen molar-refractivity contribution < 1.29 is 9.21 Å². The minimum Gasteiger partial charge on any atom is -0.463 e. The standard InChI is InChI=1S/C17H15NO3S2/c1-4-18-16(20)13(23-17(18)22)7-11-8-21-12-6-9(2)5-10(3)14(12)15(11)19/h5-8H,4H2,1-3H3. The van der Waals surface area contributed by atoms with Gasteiger partial charge >= 0.3 is 0 Å². The first kappa shape index (κ1) is 16.0. The van der Waals surface area contributed by atoms with Crippen LogP contribution in [-0.2, 0) is 4.79 Å². The third-order valence-electron chi connectivity index (χ3n) is 3.72. The maximum atomic E-state index is 12.7. The molecule has 1 aliphatic heterocycles. The summed E-state index contributed by atoms with van der Waals surface area (Å²) in [5.74, 6) is -0.164. The number of fused-ring (bicyclic) bond motifs is 1. The second kappa shape index (κ2) is 5.94. The van der Waals surface area contributed by atoms with Crippen LogP contribution in [0.2, 0.25) is 0 Å². The molecule has 0 saturated carbocycles. The Kier molecular flexibility index (Phi) is 4.12. The molecule has 1 amide bonds. The van der Waals surface area contributed by atoms with Crippen LogP contribution in [0.15, 0.2) is 32.5 Å². The Balaban J connectivity index is 2.14. The first-order valence-electron chi connectivity index (χ1n) is 7.20. The number of nitrogens with zero attached hydrogens (tertiary/aromatic N) is 1. The number of carbonyl (C=O) groups excluding carboxylic acids is 1. The van der Waals surface area contributed by atoms with Crippen molar-refractivity contribution in [2.24, 2.45) is 0 Å². The number of amides is 1. The van der Waals surface area contributed by atoms with Gasteiger partial charge in [-0.15, -0.1) is 0 Å². The molecule has 0 aliphatic carbocycles. The number of aryl methyl sites for hydroxylation is 2. The average molecular weight is 345 g/mol. The summed E-state index contributed by atoms with van der Waals surface area (Å²) in [5, 5.41) is 0.551. The lowest BCUT2D eigenvalue weighted by molar-refractivity contribution is -0.121. The third-order valence-corrected chi connectivity index (χ3v) is 5.10. The number of carbonyl (C=O) groups is 1. The molecule has 2 heterocycles. The Morgan fingerprint density at radius 3 is 2.70 bits per heavy atom. The second-order valence-electron chi connectivity index (χ2n) is 5.40. The smallest absolute Gasteiger partial charge is 0.266 e. The lowest BCUT2D eigenvalue weighted by Crippen LogP contribution is -2.27. The molecule has 1 aliphatic rings. The molecule has 1 aromatic heterocycles. The van der Waals surface area contributed by atoms with Crippen molar-refractivity contribution in [3.05, 3.63) is 50.2 Å². The summed E-state index contributed by atoms with van der Waals surface area (Å²) in [6, 6.07) is 3.78. The Labute approximate surface area is 143 Å². The number of thiocarbonyl (C=S) groups is 1. The van der Waals surface area contributed by atoms with Gasteiger partial charge in [0.15, 0.2) is 5.43 Å². The topological polar surface area (TPSA) is 50.5 Å². The Bertz CT molecular complexity index is 927. The molecule has 0 radical (unpaired) electrons. The van der Waals surface area contributed by atoms with Gasteiger partial charge in [-0.2, -0.15) is 0 Å². The van der Waals surface area contributed by atoms with Crippen molar-refractivity contribution in [1.29, 1.82) is 0 Å². The molecular weight excluding hydrogens is 330 g/mol. The molecule has 3 rings (SSSR count). The summed E-state index contributed by atoms with van der Waals surface area (Å²) >= 11 is 6.39. The van der Waals surface area contributed by atoms with E-state index in [4.69, 9.17) is 16.6 Å². The largest absolute Gasteiger partial charge is 0.463 e. The Morgan fingerprint density at radius 2 is 2.04 bits per heavy atom. The molecule has 0 atom stereocenters. The summed E-state index contributed by atoms with van der Waals surface area (Å²) in [6.45, 7) is 6.22. The van der Waals surface area contributed by atoms with Crippen LogP contribution in [0.1, 0.15) is 23.6 Å². The van der Waals surface area contributed by atoms with Crippen LogP contribution in [-0.4, -0.2) is 21.7 Å². The highest BCUT2D eigenvalue weighted by Crippen LogP contribution is 2.32. The van der Waals surface area contributed by atoms with Crippen molar-refractivity contribution in [1.82, 2.24) is 4.90 Å². The number of hydrogen-bond donors (Lipinski definition) is 0. The average Bonchev–Trinajstić information content (AvgIpc) is 2.75. The van der Waals surface area contributed by atoms with Gasteiger partial charge in [-0.3, -0.25) is 14.5 Å². The van der Waals surface area contributed by atoms with Gasteiger partial charge < -0.3 is 4.42 Å². The van der Waals surface area contributed by atoms with Crippen molar-refractivity contribution in [2.45, 2.75) is 20.8 Å². The zero-order valence-corrected chi connectivity index (χ0v) is 14.6. The predicted molar refractivity (Wildman–Crippen MR) is 97.5 cm³/mol. The molecule has 1 aromatic carbocycles. The molecule has 0 bridgehead atoms. The van der Waals surface area contributed by atoms with Crippen molar-refractivity contribution in [2.75, 3.05) is 6.54 Å². The highest BCUT2D eigenvalue weighted by Gasteiger charge is 2.30. The summed E-state index contributed by atoms with van der Waals surface area (Å²) in [4.78, 5) is 26.9. The molecule has 1 fully saturated rings. The normalized spacial score (nSPS) is 16.8. The Hall–Kier alpha value is -1.92. The van der Waals surface area contributed by atoms with Gasteiger partial charge in [-0.25, -0.2) is 0 Å².